The van der Waals surface area contributed by atoms with Crippen molar-refractivity contribution < 1.29 is 14.3 Å². The van der Waals surface area contributed by atoms with Crippen LogP contribution in [0.15, 0.2) is 55.1 Å². The van der Waals surface area contributed by atoms with E-state index >= 15 is 0 Å². The SMILES string of the molecule is O=C(Nc1ccc(-n2ccnc2)cc1)c1cc(F)cc(Cl)c1O. The predicted molar refractivity (Wildman–Crippen MR) is 84.6 cm³/mol. The van der Waals surface area contributed by atoms with Gasteiger partial charge in [0.25, 0.3) is 5.91 Å². The number of halogens is 2. The van der Waals surface area contributed by atoms with Gasteiger partial charge in [-0.15, -0.1) is 0 Å². The first-order valence-corrected chi connectivity index (χ1v) is 7.00. The van der Waals surface area contributed by atoms with Gasteiger partial charge in [0.05, 0.1) is 16.9 Å². The lowest BCUT2D eigenvalue weighted by Crippen LogP contribution is -2.12. The molecule has 0 fully saturated rings. The van der Waals surface area contributed by atoms with Crippen molar-refractivity contribution in [1.82, 2.24) is 9.55 Å². The van der Waals surface area contributed by atoms with Crippen molar-refractivity contribution in [3.05, 3.63) is 71.5 Å². The van der Waals surface area contributed by atoms with Gasteiger partial charge in [-0.1, -0.05) is 11.6 Å². The molecule has 116 valence electrons. The fourth-order valence-electron chi connectivity index (χ4n) is 2.07. The quantitative estimate of drug-likeness (QED) is 0.770. The summed E-state index contributed by atoms with van der Waals surface area (Å²) in [6.45, 7) is 0. The summed E-state index contributed by atoms with van der Waals surface area (Å²) in [6.07, 6.45) is 5.10. The number of phenols is 1. The summed E-state index contributed by atoms with van der Waals surface area (Å²) in [5.74, 6) is -1.81. The van der Waals surface area contributed by atoms with E-state index < -0.39 is 17.5 Å². The van der Waals surface area contributed by atoms with Crippen LogP contribution in [0.4, 0.5) is 10.1 Å². The number of rotatable bonds is 3. The molecule has 0 unspecified atom stereocenters. The van der Waals surface area contributed by atoms with Gasteiger partial charge in [-0.2, -0.15) is 0 Å². The van der Waals surface area contributed by atoms with Crippen molar-refractivity contribution in [1.29, 1.82) is 0 Å². The van der Waals surface area contributed by atoms with Gasteiger partial charge in [0, 0.05) is 23.8 Å². The van der Waals surface area contributed by atoms with Crippen LogP contribution in [0.2, 0.25) is 5.02 Å². The Hall–Kier alpha value is -2.86. The molecule has 2 aromatic carbocycles. The van der Waals surface area contributed by atoms with Crippen LogP contribution in [0.25, 0.3) is 5.69 Å². The van der Waals surface area contributed by atoms with Crippen molar-refractivity contribution in [2.75, 3.05) is 5.32 Å². The van der Waals surface area contributed by atoms with Gasteiger partial charge in [-0.25, -0.2) is 9.37 Å². The molecule has 0 aliphatic rings. The molecule has 0 spiro atoms. The van der Waals surface area contributed by atoms with Crippen LogP contribution in [0.3, 0.4) is 0 Å². The number of nitrogens with zero attached hydrogens (tertiary/aromatic N) is 2. The topological polar surface area (TPSA) is 67.2 Å². The lowest BCUT2D eigenvalue weighted by Gasteiger charge is -2.09. The molecule has 2 N–H and O–H groups in total. The third-order valence-electron chi connectivity index (χ3n) is 3.20. The number of carbonyl (C=O) groups is 1. The minimum Gasteiger partial charge on any atom is -0.506 e. The van der Waals surface area contributed by atoms with E-state index in [2.05, 4.69) is 10.3 Å². The first-order valence-electron chi connectivity index (χ1n) is 6.62. The number of anilines is 1. The highest BCUT2D eigenvalue weighted by molar-refractivity contribution is 6.32. The summed E-state index contributed by atoms with van der Waals surface area (Å²) < 4.78 is 15.1. The van der Waals surface area contributed by atoms with Crippen molar-refractivity contribution in [3.8, 4) is 11.4 Å². The minimum absolute atomic E-state index is 0.217. The fraction of sp³-hybridized carbons (Fsp3) is 0. The van der Waals surface area contributed by atoms with Gasteiger partial charge < -0.3 is 15.0 Å². The number of phenolic OH excluding ortho intramolecular Hbond substituents is 1. The number of amides is 1. The molecule has 0 saturated carbocycles. The monoisotopic (exact) mass is 331 g/mol. The third kappa shape index (κ3) is 3.17. The standard InChI is InChI=1S/C16H11ClFN3O2/c17-14-8-10(18)7-13(15(14)22)16(23)20-11-1-3-12(4-2-11)21-6-5-19-9-21/h1-9,22H,(H,20,23). The second kappa shape index (κ2) is 6.10. The lowest BCUT2D eigenvalue weighted by molar-refractivity contribution is 0.102. The molecule has 23 heavy (non-hydrogen) atoms. The third-order valence-corrected chi connectivity index (χ3v) is 3.49. The van der Waals surface area contributed by atoms with Crippen molar-refractivity contribution in [2.24, 2.45) is 0 Å². The number of hydrogen-bond donors (Lipinski definition) is 2. The second-order valence-corrected chi connectivity index (χ2v) is 5.16. The first kappa shape index (κ1) is 15.1. The highest BCUT2D eigenvalue weighted by Gasteiger charge is 2.16. The number of benzene rings is 2. The van der Waals surface area contributed by atoms with Crippen molar-refractivity contribution in [3.63, 3.8) is 0 Å². The van der Waals surface area contributed by atoms with E-state index in [-0.39, 0.29) is 10.6 Å². The summed E-state index contributed by atoms with van der Waals surface area (Å²) in [4.78, 5) is 16.1. The molecule has 0 aliphatic carbocycles. The summed E-state index contributed by atoms with van der Waals surface area (Å²) >= 11 is 5.67. The van der Waals surface area contributed by atoms with E-state index in [1.807, 2.05) is 4.57 Å². The largest absolute Gasteiger partial charge is 0.506 e. The van der Waals surface area contributed by atoms with E-state index in [1.54, 1.807) is 43.0 Å². The Balaban J connectivity index is 1.81. The maximum Gasteiger partial charge on any atom is 0.259 e. The van der Waals surface area contributed by atoms with E-state index in [1.165, 1.54) is 0 Å². The molecule has 1 heterocycles. The minimum atomic E-state index is -0.701. The molecule has 7 heteroatoms. The number of imidazole rings is 1. The molecule has 0 saturated heterocycles. The molecule has 0 aliphatic heterocycles. The number of carbonyl (C=O) groups excluding carboxylic acids is 1. The number of aromatic nitrogens is 2. The Morgan fingerprint density at radius 2 is 2.00 bits per heavy atom. The molecule has 1 amide bonds. The summed E-state index contributed by atoms with van der Waals surface area (Å²) in [5.41, 5.74) is 1.14. The Morgan fingerprint density at radius 1 is 1.26 bits per heavy atom. The molecular formula is C16H11ClFN3O2. The van der Waals surface area contributed by atoms with Gasteiger partial charge in [0.2, 0.25) is 0 Å². The summed E-state index contributed by atoms with van der Waals surface area (Å²) in [7, 11) is 0. The number of nitrogens with one attached hydrogen (secondary N) is 1. The van der Waals surface area contributed by atoms with Gasteiger partial charge in [-0.05, 0) is 36.4 Å². The van der Waals surface area contributed by atoms with E-state index in [0.717, 1.165) is 17.8 Å². The molecule has 5 nitrogen and oxygen atoms in total. The van der Waals surface area contributed by atoms with E-state index in [0.29, 0.717) is 5.69 Å². The maximum atomic E-state index is 13.3. The van der Waals surface area contributed by atoms with Crippen LogP contribution in [0, 0.1) is 5.82 Å². The first-order chi connectivity index (χ1) is 11.0. The fourth-order valence-corrected chi connectivity index (χ4v) is 2.27. The molecular weight excluding hydrogens is 321 g/mol. The average molecular weight is 332 g/mol. The average Bonchev–Trinajstić information content (AvgIpc) is 3.06. The zero-order chi connectivity index (χ0) is 16.4. The normalized spacial score (nSPS) is 10.5. The van der Waals surface area contributed by atoms with Crippen LogP contribution in [0.5, 0.6) is 5.75 Å². The van der Waals surface area contributed by atoms with Crippen molar-refractivity contribution in [2.45, 2.75) is 0 Å². The van der Waals surface area contributed by atoms with Gasteiger partial charge in [0.15, 0.2) is 0 Å². The molecule has 3 aromatic rings. The highest BCUT2D eigenvalue weighted by Crippen LogP contribution is 2.29. The smallest absolute Gasteiger partial charge is 0.259 e. The summed E-state index contributed by atoms with van der Waals surface area (Å²) in [5, 5.41) is 12.1. The molecule has 1 aromatic heterocycles. The Bertz CT molecular complexity index is 849. The van der Waals surface area contributed by atoms with E-state index in [9.17, 15) is 14.3 Å². The van der Waals surface area contributed by atoms with Gasteiger partial charge in [0.1, 0.15) is 11.6 Å². The Kier molecular flexibility index (Phi) is 3.99. The molecule has 0 radical (unpaired) electrons. The van der Waals surface area contributed by atoms with Crippen LogP contribution in [-0.4, -0.2) is 20.6 Å². The van der Waals surface area contributed by atoms with Crippen LogP contribution >= 0.6 is 11.6 Å². The molecule has 3 rings (SSSR count). The highest BCUT2D eigenvalue weighted by atomic mass is 35.5. The maximum absolute atomic E-state index is 13.3. The molecule has 0 bridgehead atoms. The van der Waals surface area contributed by atoms with Gasteiger partial charge >= 0.3 is 0 Å². The zero-order valence-corrected chi connectivity index (χ0v) is 12.5. The van der Waals surface area contributed by atoms with E-state index in [4.69, 9.17) is 11.6 Å². The lowest BCUT2D eigenvalue weighted by atomic mass is 10.1. The second-order valence-electron chi connectivity index (χ2n) is 4.75. The number of hydrogen-bond acceptors (Lipinski definition) is 3. The zero-order valence-electron chi connectivity index (χ0n) is 11.7. The van der Waals surface area contributed by atoms with Crippen molar-refractivity contribution >= 4 is 23.2 Å². The molecule has 0 atom stereocenters. The Morgan fingerprint density at radius 3 is 2.65 bits per heavy atom. The predicted octanol–water partition coefficient (Wildman–Crippen LogP) is 3.62. The Labute approximate surface area is 136 Å². The van der Waals surface area contributed by atoms with Gasteiger partial charge in [-0.3, -0.25) is 4.79 Å². The number of aromatic hydroxyl groups is 1. The summed E-state index contributed by atoms with van der Waals surface area (Å²) in [6, 6.07) is 8.81. The van der Waals surface area contributed by atoms with Crippen LogP contribution in [-0.2, 0) is 0 Å². The van der Waals surface area contributed by atoms with Crippen LogP contribution in [0.1, 0.15) is 10.4 Å². The van der Waals surface area contributed by atoms with Crippen LogP contribution < -0.4 is 5.32 Å².